The standard InChI is InChI=1S/C12H17NO2Si/c1-9-6-11(16(5,14-3)15-4)7-10(2)12(9)8-13/h6-7H,1-5H3. The van der Waals surface area contributed by atoms with Crippen LogP contribution in [0.2, 0.25) is 6.55 Å². The molecule has 0 spiro atoms. The lowest BCUT2D eigenvalue weighted by Gasteiger charge is -2.24. The molecule has 0 radical (unpaired) electrons. The zero-order chi connectivity index (χ0) is 12.3. The summed E-state index contributed by atoms with van der Waals surface area (Å²) in [5.41, 5.74) is 2.70. The van der Waals surface area contributed by atoms with E-state index in [0.29, 0.717) is 0 Å². The van der Waals surface area contributed by atoms with Crippen molar-refractivity contribution in [2.24, 2.45) is 0 Å². The van der Waals surface area contributed by atoms with Crippen LogP contribution in [-0.2, 0) is 8.85 Å². The van der Waals surface area contributed by atoms with Gasteiger partial charge in [-0.2, -0.15) is 5.26 Å². The smallest absolute Gasteiger partial charge is 0.368 e. The van der Waals surface area contributed by atoms with Crippen LogP contribution in [-0.4, -0.2) is 22.8 Å². The van der Waals surface area contributed by atoms with Gasteiger partial charge in [-0.3, -0.25) is 0 Å². The largest absolute Gasteiger partial charge is 0.394 e. The maximum absolute atomic E-state index is 9.01. The van der Waals surface area contributed by atoms with Crippen LogP contribution in [0, 0.1) is 25.2 Å². The predicted molar refractivity (Wildman–Crippen MR) is 65.9 cm³/mol. The highest BCUT2D eigenvalue weighted by atomic mass is 28.4. The van der Waals surface area contributed by atoms with Crippen molar-refractivity contribution in [2.45, 2.75) is 20.4 Å². The van der Waals surface area contributed by atoms with Crippen molar-refractivity contribution in [3.63, 3.8) is 0 Å². The lowest BCUT2D eigenvalue weighted by Crippen LogP contribution is -2.49. The summed E-state index contributed by atoms with van der Waals surface area (Å²) < 4.78 is 11.0. The summed E-state index contributed by atoms with van der Waals surface area (Å²) in [5.74, 6) is 0. The van der Waals surface area contributed by atoms with Crippen molar-refractivity contribution in [2.75, 3.05) is 14.2 Å². The van der Waals surface area contributed by atoms with Gasteiger partial charge in [0.15, 0.2) is 0 Å². The second-order valence-electron chi connectivity index (χ2n) is 3.95. The van der Waals surface area contributed by atoms with E-state index >= 15 is 0 Å². The quantitative estimate of drug-likeness (QED) is 0.750. The normalized spacial score (nSPS) is 11.2. The SMILES string of the molecule is CO[Si](C)(OC)c1cc(C)c(C#N)c(C)c1. The lowest BCUT2D eigenvalue weighted by molar-refractivity contribution is 0.265. The maximum atomic E-state index is 9.01. The highest BCUT2D eigenvalue weighted by Crippen LogP contribution is 2.14. The van der Waals surface area contributed by atoms with Crippen LogP contribution in [0.3, 0.4) is 0 Å². The molecule has 0 saturated heterocycles. The second kappa shape index (κ2) is 4.79. The summed E-state index contributed by atoms with van der Waals surface area (Å²) in [6.45, 7) is 5.87. The second-order valence-corrected chi connectivity index (χ2v) is 7.24. The summed E-state index contributed by atoms with van der Waals surface area (Å²) >= 11 is 0. The topological polar surface area (TPSA) is 42.2 Å². The van der Waals surface area contributed by atoms with Gasteiger partial charge in [-0.25, -0.2) is 0 Å². The number of hydrogen-bond donors (Lipinski definition) is 0. The molecular weight excluding hydrogens is 218 g/mol. The number of nitriles is 1. The third kappa shape index (κ3) is 2.17. The first kappa shape index (κ1) is 12.9. The Hall–Kier alpha value is -1.15. The van der Waals surface area contributed by atoms with Crippen molar-refractivity contribution >= 4 is 13.7 Å². The predicted octanol–water partition coefficient (Wildman–Crippen LogP) is 1.75. The first-order valence-corrected chi connectivity index (χ1v) is 7.42. The van der Waals surface area contributed by atoms with Crippen LogP contribution in [0.15, 0.2) is 12.1 Å². The molecule has 0 bridgehead atoms. The Kier molecular flexibility index (Phi) is 3.86. The molecule has 4 heteroatoms. The van der Waals surface area contributed by atoms with E-state index in [1.54, 1.807) is 14.2 Å². The molecule has 0 fully saturated rings. The van der Waals surface area contributed by atoms with Crippen molar-refractivity contribution < 1.29 is 8.85 Å². The zero-order valence-electron chi connectivity index (χ0n) is 10.4. The number of benzene rings is 1. The highest BCUT2D eigenvalue weighted by Gasteiger charge is 2.32. The minimum atomic E-state index is -2.28. The monoisotopic (exact) mass is 235 g/mol. The summed E-state index contributed by atoms with van der Waals surface area (Å²) in [5, 5.41) is 10.1. The van der Waals surface area contributed by atoms with E-state index in [2.05, 4.69) is 6.07 Å². The van der Waals surface area contributed by atoms with E-state index in [4.69, 9.17) is 14.1 Å². The Labute approximate surface area is 97.9 Å². The van der Waals surface area contributed by atoms with Gasteiger partial charge in [0.2, 0.25) is 0 Å². The molecule has 0 atom stereocenters. The Morgan fingerprint density at radius 2 is 1.56 bits per heavy atom. The van der Waals surface area contributed by atoms with Crippen molar-refractivity contribution in [3.8, 4) is 6.07 Å². The molecule has 0 aliphatic heterocycles. The molecular formula is C12H17NO2Si. The van der Waals surface area contributed by atoms with Gasteiger partial charge in [0.25, 0.3) is 0 Å². The van der Waals surface area contributed by atoms with E-state index < -0.39 is 8.56 Å². The minimum absolute atomic E-state index is 0.743. The summed E-state index contributed by atoms with van der Waals surface area (Å²) in [7, 11) is 1.05. The molecule has 0 amide bonds. The summed E-state index contributed by atoms with van der Waals surface area (Å²) in [6, 6.07) is 6.19. The van der Waals surface area contributed by atoms with Crippen LogP contribution in [0.1, 0.15) is 16.7 Å². The molecule has 1 rings (SSSR count). The Morgan fingerprint density at radius 3 is 1.88 bits per heavy atom. The molecule has 0 heterocycles. The van der Waals surface area contributed by atoms with Crippen LogP contribution in [0.25, 0.3) is 0 Å². The molecule has 0 N–H and O–H groups in total. The fraction of sp³-hybridized carbons (Fsp3) is 0.417. The third-order valence-electron chi connectivity index (χ3n) is 2.95. The molecule has 0 unspecified atom stereocenters. The molecule has 1 aromatic rings. The van der Waals surface area contributed by atoms with E-state index in [0.717, 1.165) is 21.9 Å². The first-order chi connectivity index (χ1) is 7.48. The highest BCUT2D eigenvalue weighted by molar-refractivity contribution is 6.79. The fourth-order valence-electron chi connectivity index (χ4n) is 1.72. The average Bonchev–Trinajstić information content (AvgIpc) is 2.27. The summed E-state index contributed by atoms with van der Waals surface area (Å²) in [6.07, 6.45) is 0. The van der Waals surface area contributed by atoms with E-state index in [1.807, 2.05) is 32.5 Å². The molecule has 0 saturated carbocycles. The number of hydrogen-bond acceptors (Lipinski definition) is 3. The van der Waals surface area contributed by atoms with Gasteiger partial charge in [-0.15, -0.1) is 0 Å². The van der Waals surface area contributed by atoms with Crippen LogP contribution >= 0.6 is 0 Å². The third-order valence-corrected chi connectivity index (χ3v) is 5.84. The number of aryl methyl sites for hydroxylation is 2. The fourth-order valence-corrected chi connectivity index (χ4v) is 3.32. The number of rotatable bonds is 3. The van der Waals surface area contributed by atoms with Gasteiger partial charge < -0.3 is 8.85 Å². The van der Waals surface area contributed by atoms with E-state index in [-0.39, 0.29) is 0 Å². The van der Waals surface area contributed by atoms with Crippen LogP contribution in [0.4, 0.5) is 0 Å². The molecule has 1 aromatic carbocycles. The lowest BCUT2D eigenvalue weighted by atomic mass is 10.0. The van der Waals surface area contributed by atoms with Crippen molar-refractivity contribution in [1.29, 1.82) is 5.26 Å². The first-order valence-electron chi connectivity index (χ1n) is 5.10. The Bertz CT molecular complexity index is 410. The van der Waals surface area contributed by atoms with Crippen LogP contribution in [0.5, 0.6) is 0 Å². The zero-order valence-corrected chi connectivity index (χ0v) is 11.4. The van der Waals surface area contributed by atoms with Gasteiger partial charge in [0, 0.05) is 14.2 Å². The van der Waals surface area contributed by atoms with Crippen molar-refractivity contribution in [3.05, 3.63) is 28.8 Å². The molecule has 86 valence electrons. The molecule has 3 nitrogen and oxygen atoms in total. The summed E-state index contributed by atoms with van der Waals surface area (Å²) in [4.78, 5) is 0. The minimum Gasteiger partial charge on any atom is -0.394 e. The number of nitrogens with zero attached hydrogens (tertiary/aromatic N) is 1. The molecule has 16 heavy (non-hydrogen) atoms. The molecule has 0 aliphatic rings. The van der Waals surface area contributed by atoms with Gasteiger partial charge in [0.1, 0.15) is 0 Å². The Balaban J connectivity index is 3.34. The van der Waals surface area contributed by atoms with Gasteiger partial charge in [-0.1, -0.05) is 12.1 Å². The van der Waals surface area contributed by atoms with E-state index in [1.165, 1.54) is 0 Å². The maximum Gasteiger partial charge on any atom is 0.368 e. The van der Waals surface area contributed by atoms with Gasteiger partial charge in [-0.05, 0) is 36.7 Å². The van der Waals surface area contributed by atoms with Crippen LogP contribution < -0.4 is 5.19 Å². The van der Waals surface area contributed by atoms with Gasteiger partial charge in [0.05, 0.1) is 11.6 Å². The van der Waals surface area contributed by atoms with Crippen molar-refractivity contribution in [1.82, 2.24) is 0 Å². The Morgan fingerprint density at radius 1 is 1.12 bits per heavy atom. The molecule has 0 aromatic heterocycles. The van der Waals surface area contributed by atoms with E-state index in [9.17, 15) is 0 Å². The average molecular weight is 235 g/mol. The molecule has 0 aliphatic carbocycles. The van der Waals surface area contributed by atoms with Gasteiger partial charge >= 0.3 is 8.56 Å².